The van der Waals surface area contributed by atoms with Gasteiger partial charge in [0.1, 0.15) is 0 Å². The minimum atomic E-state index is 0.649. The lowest BCUT2D eigenvalue weighted by molar-refractivity contribution is 1.13. The molecule has 0 bridgehead atoms. The average Bonchev–Trinajstić information content (AvgIpc) is 4.02. The predicted octanol–water partition coefficient (Wildman–Crippen LogP) is 13.0. The van der Waals surface area contributed by atoms with Crippen LogP contribution in [0.1, 0.15) is 59.8 Å². The van der Waals surface area contributed by atoms with E-state index >= 15 is 0 Å². The van der Waals surface area contributed by atoms with Gasteiger partial charge in [-0.15, -0.1) is 0 Å². The van der Waals surface area contributed by atoms with Crippen LogP contribution in [0.25, 0.3) is 66.1 Å². The molecule has 0 nitrogen and oxygen atoms in total. The average molecular weight is 591 g/mol. The van der Waals surface area contributed by atoms with Crippen LogP contribution in [0.3, 0.4) is 0 Å². The van der Waals surface area contributed by atoms with Gasteiger partial charge in [0.25, 0.3) is 0 Å². The van der Waals surface area contributed by atoms with E-state index in [2.05, 4.69) is 147 Å². The topological polar surface area (TPSA) is 0 Å². The zero-order chi connectivity index (χ0) is 30.8. The Labute approximate surface area is 272 Å². The predicted molar refractivity (Wildman–Crippen MR) is 197 cm³/mol. The molecule has 0 heterocycles. The van der Waals surface area contributed by atoms with E-state index in [-0.39, 0.29) is 0 Å². The van der Waals surface area contributed by atoms with Crippen molar-refractivity contribution in [2.75, 3.05) is 0 Å². The minimum Gasteiger partial charge on any atom is -0.0616 e. The third kappa shape index (κ3) is 4.76. The molecule has 7 aromatic carbocycles. The molecule has 2 saturated carbocycles. The number of fused-ring (bicyclic) bond motifs is 2. The molecule has 7 aromatic rings. The summed E-state index contributed by atoms with van der Waals surface area (Å²) < 4.78 is 0. The van der Waals surface area contributed by atoms with Gasteiger partial charge in [0, 0.05) is 0 Å². The summed E-state index contributed by atoms with van der Waals surface area (Å²) in [5.41, 5.74) is 16.6. The van der Waals surface area contributed by atoms with Gasteiger partial charge in [0.2, 0.25) is 0 Å². The first-order chi connectivity index (χ1) is 22.6. The lowest BCUT2D eigenvalue weighted by atomic mass is 9.85. The zero-order valence-corrected chi connectivity index (χ0v) is 26.7. The van der Waals surface area contributed by atoms with Crippen molar-refractivity contribution in [3.05, 3.63) is 156 Å². The van der Waals surface area contributed by atoms with E-state index in [1.165, 1.54) is 114 Å². The molecule has 46 heavy (non-hydrogen) atoms. The number of aryl methyl sites for hydroxylation is 2. The SMILES string of the molecule is Cc1cc(C)c(-c2ccc(-c3cccc4ccccc34)cc2C2CC2)cc1-c1ccc(-c2cccc3ccccc23)cc1C1CC1. The molecule has 2 fully saturated rings. The van der Waals surface area contributed by atoms with Crippen LogP contribution >= 0.6 is 0 Å². The van der Waals surface area contributed by atoms with Crippen molar-refractivity contribution in [3.8, 4) is 44.5 Å². The lowest BCUT2D eigenvalue weighted by Gasteiger charge is -2.19. The van der Waals surface area contributed by atoms with Gasteiger partial charge in [-0.1, -0.05) is 127 Å². The standard InChI is InChI=1S/C46H38/c1-29-25-30(2)44(42-24-22-36(27-46(42)34-19-20-34)40-16-8-12-32-10-4-6-14-38(32)40)28-43(29)41-23-21-35(26-45(41)33-17-18-33)39-15-7-11-31-9-3-5-13-37(31)39/h3-16,21-28,33-34H,17-20H2,1-2H3. The van der Waals surface area contributed by atoms with Crippen molar-refractivity contribution in [2.24, 2.45) is 0 Å². The quantitative estimate of drug-likeness (QED) is 0.181. The Bertz CT molecular complexity index is 2120. The number of rotatable bonds is 6. The van der Waals surface area contributed by atoms with Gasteiger partial charge in [0.05, 0.1) is 0 Å². The molecule has 0 aromatic heterocycles. The largest absolute Gasteiger partial charge is 0.0616 e. The van der Waals surface area contributed by atoms with Crippen molar-refractivity contribution in [1.82, 2.24) is 0 Å². The smallest absolute Gasteiger partial charge is 0.0105 e. The molecule has 9 rings (SSSR count). The second kappa shape index (κ2) is 10.8. The Morgan fingerprint density at radius 3 is 1.26 bits per heavy atom. The summed E-state index contributed by atoms with van der Waals surface area (Å²) in [6, 6.07) is 50.4. The molecular formula is C46H38. The molecule has 0 radical (unpaired) electrons. The van der Waals surface area contributed by atoms with Crippen LogP contribution in [0.15, 0.2) is 133 Å². The number of benzene rings is 7. The van der Waals surface area contributed by atoms with Crippen LogP contribution in [-0.4, -0.2) is 0 Å². The van der Waals surface area contributed by atoms with Crippen molar-refractivity contribution < 1.29 is 0 Å². The molecule has 0 saturated heterocycles. The van der Waals surface area contributed by atoms with Gasteiger partial charge in [0.15, 0.2) is 0 Å². The molecule has 0 N–H and O–H groups in total. The summed E-state index contributed by atoms with van der Waals surface area (Å²) in [7, 11) is 0. The van der Waals surface area contributed by atoms with Crippen LogP contribution in [-0.2, 0) is 0 Å². The monoisotopic (exact) mass is 590 g/mol. The maximum atomic E-state index is 2.52. The second-order valence-electron chi connectivity index (χ2n) is 13.7. The molecule has 0 spiro atoms. The molecule has 0 heteroatoms. The maximum Gasteiger partial charge on any atom is -0.0105 e. The Balaban J connectivity index is 1.17. The summed E-state index contributed by atoms with van der Waals surface area (Å²) in [5, 5.41) is 5.25. The first-order valence-corrected chi connectivity index (χ1v) is 17.0. The van der Waals surface area contributed by atoms with E-state index in [9.17, 15) is 0 Å². The highest BCUT2D eigenvalue weighted by Gasteiger charge is 2.29. The van der Waals surface area contributed by atoms with E-state index in [4.69, 9.17) is 0 Å². The lowest BCUT2D eigenvalue weighted by Crippen LogP contribution is -1.97. The van der Waals surface area contributed by atoms with Crippen LogP contribution in [0, 0.1) is 13.8 Å². The maximum absolute atomic E-state index is 2.52. The highest BCUT2D eigenvalue weighted by molar-refractivity contribution is 5.98. The van der Waals surface area contributed by atoms with Crippen LogP contribution in [0.5, 0.6) is 0 Å². The fourth-order valence-corrected chi connectivity index (χ4v) is 7.80. The van der Waals surface area contributed by atoms with Crippen LogP contribution in [0.2, 0.25) is 0 Å². The Morgan fingerprint density at radius 2 is 0.804 bits per heavy atom. The van der Waals surface area contributed by atoms with E-state index in [0.717, 1.165) is 0 Å². The first-order valence-electron chi connectivity index (χ1n) is 17.0. The summed E-state index contributed by atoms with van der Waals surface area (Å²) in [6.45, 7) is 4.60. The molecular weight excluding hydrogens is 553 g/mol. The van der Waals surface area contributed by atoms with Gasteiger partial charge in [-0.2, -0.15) is 0 Å². The van der Waals surface area contributed by atoms with Gasteiger partial charge in [-0.3, -0.25) is 0 Å². The van der Waals surface area contributed by atoms with Crippen molar-refractivity contribution >= 4 is 21.5 Å². The molecule has 0 atom stereocenters. The number of hydrogen-bond acceptors (Lipinski definition) is 0. The van der Waals surface area contributed by atoms with E-state index < -0.39 is 0 Å². The fraction of sp³-hybridized carbons (Fsp3) is 0.174. The van der Waals surface area contributed by atoms with Gasteiger partial charge < -0.3 is 0 Å². The normalized spacial score (nSPS) is 14.7. The molecule has 2 aliphatic carbocycles. The van der Waals surface area contributed by atoms with E-state index in [0.29, 0.717) is 11.8 Å². The summed E-state index contributed by atoms with van der Waals surface area (Å²) in [6.07, 6.45) is 5.13. The van der Waals surface area contributed by atoms with E-state index in [1.54, 1.807) is 0 Å². The van der Waals surface area contributed by atoms with E-state index in [1.807, 2.05) is 0 Å². The van der Waals surface area contributed by atoms with Crippen LogP contribution < -0.4 is 0 Å². The zero-order valence-electron chi connectivity index (χ0n) is 26.7. The second-order valence-corrected chi connectivity index (χ2v) is 13.7. The van der Waals surface area contributed by atoms with Crippen molar-refractivity contribution in [3.63, 3.8) is 0 Å². The molecule has 0 amide bonds. The Hall–Kier alpha value is -4.94. The minimum absolute atomic E-state index is 0.649. The fourth-order valence-electron chi connectivity index (χ4n) is 7.80. The summed E-state index contributed by atoms with van der Waals surface area (Å²) in [4.78, 5) is 0. The molecule has 0 unspecified atom stereocenters. The Morgan fingerprint density at radius 1 is 0.370 bits per heavy atom. The third-order valence-corrected chi connectivity index (χ3v) is 10.5. The first kappa shape index (κ1) is 27.4. The van der Waals surface area contributed by atoms with Crippen LogP contribution in [0.4, 0.5) is 0 Å². The Kier molecular flexibility index (Phi) is 6.46. The van der Waals surface area contributed by atoms with Gasteiger partial charge in [-0.05, 0) is 146 Å². The highest BCUT2D eigenvalue weighted by atomic mass is 14.3. The molecule has 222 valence electrons. The molecule has 0 aliphatic heterocycles. The van der Waals surface area contributed by atoms with Crippen molar-refractivity contribution in [1.29, 1.82) is 0 Å². The third-order valence-electron chi connectivity index (χ3n) is 10.5. The van der Waals surface area contributed by atoms with Gasteiger partial charge in [-0.25, -0.2) is 0 Å². The van der Waals surface area contributed by atoms with Crippen molar-refractivity contribution in [2.45, 2.75) is 51.4 Å². The molecule has 2 aliphatic rings. The highest BCUT2D eigenvalue weighted by Crippen LogP contribution is 2.50. The van der Waals surface area contributed by atoms with Gasteiger partial charge >= 0.3 is 0 Å². The number of hydrogen-bond donors (Lipinski definition) is 0. The summed E-state index contributed by atoms with van der Waals surface area (Å²) in [5.74, 6) is 1.30. The summed E-state index contributed by atoms with van der Waals surface area (Å²) >= 11 is 0.